The zero-order valence-electron chi connectivity index (χ0n) is 20.8. The second-order valence-electron chi connectivity index (χ2n) is 9.71. The number of carbonyl (C=O) groups excluding carboxylic acids is 2. The maximum Gasteiger partial charge on any atom is 0.417 e. The van der Waals surface area contributed by atoms with E-state index in [1.165, 1.54) is 6.08 Å². The summed E-state index contributed by atoms with van der Waals surface area (Å²) in [6.45, 7) is 9.80. The van der Waals surface area contributed by atoms with E-state index in [1.54, 1.807) is 7.11 Å². The summed E-state index contributed by atoms with van der Waals surface area (Å²) in [6, 6.07) is 18.8. The highest BCUT2D eigenvalue weighted by molar-refractivity contribution is 6.83. The number of benzene rings is 2. The van der Waals surface area contributed by atoms with Crippen molar-refractivity contribution in [1.82, 2.24) is 4.90 Å². The standard InChI is InChI=1S/C27H35NO6Si/c1-6-23(25(30)28-21(18-33-26(28)31)17-20-13-9-7-10-14-20)24(29)19-34-35(32-5,27(2,3)4)22-15-11-8-12-16-22/h6-16,21,23-24,29H,1,17-19H2,2-5H3/t21-,23-,24+,35?/m1/s1. The molecule has 1 unspecified atom stereocenters. The maximum absolute atomic E-state index is 13.4. The zero-order valence-corrected chi connectivity index (χ0v) is 21.8. The molecule has 2 aromatic rings. The highest BCUT2D eigenvalue weighted by Gasteiger charge is 2.51. The number of nitrogens with zero attached hydrogens (tertiary/aromatic N) is 1. The molecule has 8 heteroatoms. The fourth-order valence-corrected chi connectivity index (χ4v) is 8.00. The Hall–Kier alpha value is -2.78. The van der Waals surface area contributed by atoms with Gasteiger partial charge in [-0.25, -0.2) is 9.69 Å². The Labute approximate surface area is 208 Å². The van der Waals surface area contributed by atoms with Gasteiger partial charge in [0.15, 0.2) is 0 Å². The fraction of sp³-hybridized carbons (Fsp3) is 0.407. The summed E-state index contributed by atoms with van der Waals surface area (Å²) in [5.74, 6) is -1.60. The maximum atomic E-state index is 13.4. The van der Waals surface area contributed by atoms with E-state index >= 15 is 0 Å². The first kappa shape index (κ1) is 26.8. The summed E-state index contributed by atoms with van der Waals surface area (Å²) in [7, 11) is -1.41. The number of hydrogen-bond acceptors (Lipinski definition) is 6. The van der Waals surface area contributed by atoms with E-state index in [0.717, 1.165) is 15.7 Å². The molecular weight excluding hydrogens is 462 g/mol. The lowest BCUT2D eigenvalue weighted by molar-refractivity contribution is -0.135. The van der Waals surface area contributed by atoms with Gasteiger partial charge in [0.05, 0.1) is 24.7 Å². The van der Waals surface area contributed by atoms with Gasteiger partial charge in [-0.2, -0.15) is 0 Å². The van der Waals surface area contributed by atoms with Crippen LogP contribution in [0.3, 0.4) is 0 Å². The molecule has 1 aliphatic rings. The number of aliphatic hydroxyl groups is 1. The molecule has 0 saturated carbocycles. The predicted octanol–water partition coefficient (Wildman–Crippen LogP) is 3.55. The van der Waals surface area contributed by atoms with Crippen molar-refractivity contribution in [3.8, 4) is 0 Å². The van der Waals surface area contributed by atoms with Crippen LogP contribution in [0.2, 0.25) is 5.04 Å². The van der Waals surface area contributed by atoms with Crippen LogP contribution in [0.15, 0.2) is 73.3 Å². The number of cyclic esters (lactones) is 1. The van der Waals surface area contributed by atoms with Crippen LogP contribution in [0.25, 0.3) is 0 Å². The summed E-state index contributed by atoms with van der Waals surface area (Å²) in [5.41, 5.74) is 0.983. The SMILES string of the molecule is C=C[C@@H](C(=O)N1C(=O)OC[C@H]1Cc1ccccc1)[C@@H](O)CO[Si](OC)(c1ccccc1)C(C)(C)C. The number of hydrogen-bond donors (Lipinski definition) is 1. The third-order valence-corrected chi connectivity index (χ3v) is 10.6. The van der Waals surface area contributed by atoms with Gasteiger partial charge in [0.25, 0.3) is 0 Å². The highest BCUT2D eigenvalue weighted by Crippen LogP contribution is 2.37. The predicted molar refractivity (Wildman–Crippen MR) is 136 cm³/mol. The average Bonchev–Trinajstić information content (AvgIpc) is 3.20. The van der Waals surface area contributed by atoms with E-state index in [-0.39, 0.29) is 18.3 Å². The van der Waals surface area contributed by atoms with E-state index in [0.29, 0.717) is 6.42 Å². The smallest absolute Gasteiger partial charge is 0.417 e. The number of aliphatic hydroxyl groups excluding tert-OH is 1. The van der Waals surface area contributed by atoms with Gasteiger partial charge in [-0.15, -0.1) is 6.58 Å². The highest BCUT2D eigenvalue weighted by atomic mass is 28.4. The molecule has 2 aromatic carbocycles. The van der Waals surface area contributed by atoms with E-state index in [4.69, 9.17) is 13.6 Å². The van der Waals surface area contributed by atoms with E-state index in [2.05, 4.69) is 6.58 Å². The van der Waals surface area contributed by atoms with E-state index in [1.807, 2.05) is 81.4 Å². The molecule has 1 aliphatic heterocycles. The molecule has 0 aliphatic carbocycles. The summed E-state index contributed by atoms with van der Waals surface area (Å²) in [4.78, 5) is 27.0. The van der Waals surface area contributed by atoms with Gasteiger partial charge in [0, 0.05) is 12.1 Å². The number of amides is 2. The number of rotatable bonds is 10. The van der Waals surface area contributed by atoms with Crippen molar-refractivity contribution in [2.75, 3.05) is 20.3 Å². The van der Waals surface area contributed by atoms with Crippen molar-refractivity contribution in [1.29, 1.82) is 0 Å². The van der Waals surface area contributed by atoms with Gasteiger partial charge in [-0.3, -0.25) is 4.79 Å². The topological polar surface area (TPSA) is 85.3 Å². The number of imide groups is 1. The summed E-state index contributed by atoms with van der Waals surface area (Å²) >= 11 is 0. The van der Waals surface area contributed by atoms with Gasteiger partial charge < -0.3 is 18.7 Å². The van der Waals surface area contributed by atoms with Crippen LogP contribution >= 0.6 is 0 Å². The summed E-state index contributed by atoms with van der Waals surface area (Å²) in [6.07, 6.45) is -0.113. The second kappa shape index (κ2) is 11.3. The molecule has 1 fully saturated rings. The molecule has 0 spiro atoms. The van der Waals surface area contributed by atoms with Crippen molar-refractivity contribution >= 4 is 25.7 Å². The number of carbonyl (C=O) groups is 2. The van der Waals surface area contributed by atoms with Crippen LogP contribution in [0, 0.1) is 5.92 Å². The van der Waals surface area contributed by atoms with Gasteiger partial charge in [-0.05, 0) is 17.2 Å². The van der Waals surface area contributed by atoms with Crippen molar-refractivity contribution < 1.29 is 28.3 Å². The molecule has 0 aromatic heterocycles. The third-order valence-electron chi connectivity index (χ3n) is 6.35. The Bertz CT molecular complexity index is 1010. The van der Waals surface area contributed by atoms with E-state index < -0.39 is 38.6 Å². The Kier molecular flexibility index (Phi) is 8.66. The van der Waals surface area contributed by atoms with Crippen LogP contribution in [0.1, 0.15) is 26.3 Å². The molecular formula is C27H35NO6Si. The molecule has 0 radical (unpaired) electrons. The average molecular weight is 498 g/mol. The molecule has 2 amide bonds. The lowest BCUT2D eigenvalue weighted by atomic mass is 9.99. The lowest BCUT2D eigenvalue weighted by Gasteiger charge is -2.41. The molecule has 0 bridgehead atoms. The van der Waals surface area contributed by atoms with Crippen LogP contribution < -0.4 is 5.19 Å². The Morgan fingerprint density at radius 3 is 2.34 bits per heavy atom. The van der Waals surface area contributed by atoms with Gasteiger partial charge >= 0.3 is 14.7 Å². The Morgan fingerprint density at radius 2 is 1.80 bits per heavy atom. The quantitative estimate of drug-likeness (QED) is 0.399. The molecule has 1 heterocycles. The minimum atomic E-state index is -3.02. The molecule has 1 saturated heterocycles. The first-order valence-corrected chi connectivity index (χ1v) is 13.5. The molecule has 188 valence electrons. The minimum absolute atomic E-state index is 0.105. The summed E-state index contributed by atoms with van der Waals surface area (Å²) < 4.78 is 17.6. The van der Waals surface area contributed by atoms with Crippen LogP contribution in [0.4, 0.5) is 4.79 Å². The van der Waals surface area contributed by atoms with Gasteiger partial charge in [0.2, 0.25) is 5.91 Å². The van der Waals surface area contributed by atoms with Gasteiger partial charge in [-0.1, -0.05) is 87.5 Å². The van der Waals surface area contributed by atoms with Crippen molar-refractivity contribution in [2.24, 2.45) is 5.92 Å². The minimum Gasteiger partial charge on any atom is -0.447 e. The fourth-order valence-electron chi connectivity index (χ4n) is 4.53. The zero-order chi connectivity index (χ0) is 25.6. The molecule has 1 N–H and O–H groups in total. The molecule has 3 rings (SSSR count). The van der Waals surface area contributed by atoms with Crippen molar-refractivity contribution in [3.05, 3.63) is 78.9 Å². The number of ether oxygens (including phenoxy) is 1. The first-order chi connectivity index (χ1) is 16.6. The van der Waals surface area contributed by atoms with Crippen molar-refractivity contribution in [2.45, 2.75) is 44.4 Å². The monoisotopic (exact) mass is 497 g/mol. The van der Waals surface area contributed by atoms with Gasteiger partial charge in [0.1, 0.15) is 6.61 Å². The Morgan fingerprint density at radius 1 is 1.20 bits per heavy atom. The van der Waals surface area contributed by atoms with Crippen LogP contribution in [-0.4, -0.2) is 63.0 Å². The molecule has 4 atom stereocenters. The largest absolute Gasteiger partial charge is 0.447 e. The normalized spacial score (nSPS) is 19.5. The lowest BCUT2D eigenvalue weighted by Crippen LogP contribution is -2.61. The third kappa shape index (κ3) is 5.73. The molecule has 35 heavy (non-hydrogen) atoms. The molecule has 7 nitrogen and oxygen atoms in total. The Balaban J connectivity index is 1.78. The first-order valence-electron chi connectivity index (χ1n) is 11.7. The van der Waals surface area contributed by atoms with Crippen molar-refractivity contribution in [3.63, 3.8) is 0 Å². The van der Waals surface area contributed by atoms with E-state index in [9.17, 15) is 14.7 Å². The second-order valence-corrected chi connectivity index (χ2v) is 13.7. The van der Waals surface area contributed by atoms with Crippen LogP contribution in [0.5, 0.6) is 0 Å². The summed E-state index contributed by atoms with van der Waals surface area (Å²) in [5, 5.41) is 11.6. The van der Waals surface area contributed by atoms with Crippen LogP contribution in [-0.2, 0) is 24.8 Å².